The predicted molar refractivity (Wildman–Crippen MR) is 71.9 cm³/mol. The Balaban J connectivity index is 2.37. The van der Waals surface area contributed by atoms with Crippen LogP contribution in [0.2, 0.25) is 5.02 Å². The number of nitrogens with one attached hydrogen (secondary N) is 1. The van der Waals surface area contributed by atoms with E-state index in [9.17, 15) is 9.18 Å². The van der Waals surface area contributed by atoms with Gasteiger partial charge in [0.1, 0.15) is 11.5 Å². The first kappa shape index (κ1) is 13.1. The number of carbonyl (C=O) groups is 1. The Bertz CT molecular complexity index is 627. The molecule has 5 N–H and O–H groups in total. The van der Waals surface area contributed by atoms with Gasteiger partial charge in [-0.2, -0.15) is 0 Å². The second kappa shape index (κ2) is 5.11. The lowest BCUT2D eigenvalue weighted by atomic mass is 10.2. The van der Waals surface area contributed by atoms with Crippen LogP contribution >= 0.6 is 11.6 Å². The van der Waals surface area contributed by atoms with Crippen LogP contribution in [0.15, 0.2) is 30.3 Å². The van der Waals surface area contributed by atoms with Crippen molar-refractivity contribution in [3.63, 3.8) is 0 Å². The highest BCUT2D eigenvalue weighted by molar-refractivity contribution is 6.30. The highest BCUT2D eigenvalue weighted by Gasteiger charge is 2.08. The average Bonchev–Trinajstić information content (AvgIpc) is 2.30. The van der Waals surface area contributed by atoms with E-state index in [0.29, 0.717) is 11.4 Å². The molecule has 0 aliphatic heterocycles. The largest absolute Gasteiger partial charge is 0.396 e. The molecule has 2 rings (SSSR count). The van der Waals surface area contributed by atoms with Crippen molar-refractivity contribution < 1.29 is 9.18 Å². The molecule has 1 aromatic carbocycles. The van der Waals surface area contributed by atoms with E-state index in [-0.39, 0.29) is 16.5 Å². The summed E-state index contributed by atoms with van der Waals surface area (Å²) in [7, 11) is 0. The molecule has 0 spiro atoms. The van der Waals surface area contributed by atoms with Crippen LogP contribution in [0.1, 0.15) is 10.5 Å². The normalized spacial score (nSPS) is 10.2. The Morgan fingerprint density at radius 2 is 2.05 bits per heavy atom. The molecule has 0 fully saturated rings. The summed E-state index contributed by atoms with van der Waals surface area (Å²) in [4.78, 5) is 15.0. The number of hydrogen-bond acceptors (Lipinski definition) is 4. The number of amides is 1. The minimum Gasteiger partial charge on any atom is -0.396 e. The SMILES string of the molecule is NC(=O)c1ccc(N)c(Nc2cc(F)cc(Cl)c2)n1. The molecular formula is C12H10ClFN4O. The van der Waals surface area contributed by atoms with Crippen LogP contribution in [0.5, 0.6) is 0 Å². The van der Waals surface area contributed by atoms with E-state index in [2.05, 4.69) is 10.3 Å². The number of benzene rings is 1. The molecule has 1 heterocycles. The van der Waals surface area contributed by atoms with Gasteiger partial charge in [-0.15, -0.1) is 0 Å². The van der Waals surface area contributed by atoms with E-state index in [1.807, 2.05) is 0 Å². The Morgan fingerprint density at radius 1 is 1.32 bits per heavy atom. The van der Waals surface area contributed by atoms with E-state index in [0.717, 1.165) is 0 Å². The number of aromatic nitrogens is 1. The van der Waals surface area contributed by atoms with Crippen LogP contribution < -0.4 is 16.8 Å². The average molecular weight is 281 g/mol. The number of carbonyl (C=O) groups excluding carboxylic acids is 1. The molecule has 0 aliphatic carbocycles. The van der Waals surface area contributed by atoms with Gasteiger partial charge in [0.25, 0.3) is 5.91 Å². The van der Waals surface area contributed by atoms with Crippen LogP contribution in [-0.2, 0) is 0 Å². The zero-order valence-corrected chi connectivity index (χ0v) is 10.4. The van der Waals surface area contributed by atoms with Crippen molar-refractivity contribution in [1.29, 1.82) is 0 Å². The first-order valence-electron chi connectivity index (χ1n) is 5.25. The highest BCUT2D eigenvalue weighted by atomic mass is 35.5. The maximum atomic E-state index is 13.2. The van der Waals surface area contributed by atoms with Gasteiger partial charge in [-0.3, -0.25) is 4.79 Å². The molecule has 0 atom stereocenters. The Kier molecular flexibility index (Phi) is 3.52. The summed E-state index contributed by atoms with van der Waals surface area (Å²) in [5.41, 5.74) is 11.6. The molecule has 0 unspecified atom stereocenters. The number of hydrogen-bond donors (Lipinski definition) is 3. The fourth-order valence-corrected chi connectivity index (χ4v) is 1.69. The van der Waals surface area contributed by atoms with Crippen molar-refractivity contribution in [2.24, 2.45) is 5.73 Å². The van der Waals surface area contributed by atoms with E-state index in [1.165, 1.54) is 30.3 Å². The summed E-state index contributed by atoms with van der Waals surface area (Å²) in [5.74, 6) is -0.974. The third kappa shape index (κ3) is 3.11. The van der Waals surface area contributed by atoms with Crippen LogP contribution in [0, 0.1) is 5.82 Å². The number of nitrogens with two attached hydrogens (primary N) is 2. The number of halogens is 2. The number of anilines is 3. The zero-order chi connectivity index (χ0) is 14.0. The Morgan fingerprint density at radius 3 is 2.68 bits per heavy atom. The fraction of sp³-hybridized carbons (Fsp3) is 0. The van der Waals surface area contributed by atoms with E-state index < -0.39 is 11.7 Å². The number of nitrogens with zero attached hydrogens (tertiary/aromatic N) is 1. The van der Waals surface area contributed by atoms with Gasteiger partial charge in [-0.1, -0.05) is 11.6 Å². The molecule has 0 saturated heterocycles. The molecule has 2 aromatic rings. The highest BCUT2D eigenvalue weighted by Crippen LogP contribution is 2.24. The summed E-state index contributed by atoms with van der Waals surface area (Å²) in [6, 6.07) is 6.79. The summed E-state index contributed by atoms with van der Waals surface area (Å²) in [5, 5.41) is 3.01. The van der Waals surface area contributed by atoms with Crippen molar-refractivity contribution in [2.45, 2.75) is 0 Å². The Labute approximate surface area is 113 Å². The van der Waals surface area contributed by atoms with Crippen molar-refractivity contribution in [2.75, 3.05) is 11.1 Å². The summed E-state index contributed by atoms with van der Waals surface area (Å²) in [6.07, 6.45) is 0. The minimum atomic E-state index is -0.680. The van der Waals surface area contributed by atoms with E-state index in [1.54, 1.807) is 0 Å². The number of pyridine rings is 1. The van der Waals surface area contributed by atoms with Gasteiger partial charge in [0.05, 0.1) is 5.69 Å². The lowest BCUT2D eigenvalue weighted by molar-refractivity contribution is 0.0996. The molecule has 0 saturated carbocycles. The van der Waals surface area contributed by atoms with Crippen LogP contribution in [0.25, 0.3) is 0 Å². The summed E-state index contributed by atoms with van der Waals surface area (Å²) >= 11 is 5.73. The van der Waals surface area contributed by atoms with Gasteiger partial charge >= 0.3 is 0 Å². The second-order valence-corrected chi connectivity index (χ2v) is 4.22. The molecular weight excluding hydrogens is 271 g/mol. The quantitative estimate of drug-likeness (QED) is 0.804. The first-order valence-corrected chi connectivity index (χ1v) is 5.63. The fourth-order valence-electron chi connectivity index (χ4n) is 1.47. The van der Waals surface area contributed by atoms with E-state index in [4.69, 9.17) is 23.1 Å². The summed E-state index contributed by atoms with van der Waals surface area (Å²) < 4.78 is 13.2. The lowest BCUT2D eigenvalue weighted by Gasteiger charge is -2.09. The van der Waals surface area contributed by atoms with Crippen molar-refractivity contribution in [3.05, 3.63) is 46.9 Å². The third-order valence-corrected chi connectivity index (χ3v) is 2.52. The van der Waals surface area contributed by atoms with E-state index >= 15 is 0 Å². The molecule has 98 valence electrons. The smallest absolute Gasteiger partial charge is 0.267 e. The van der Waals surface area contributed by atoms with Gasteiger partial charge in [0.2, 0.25) is 0 Å². The second-order valence-electron chi connectivity index (χ2n) is 3.78. The van der Waals surface area contributed by atoms with Crippen molar-refractivity contribution in [1.82, 2.24) is 4.98 Å². The van der Waals surface area contributed by atoms with Gasteiger partial charge in [0, 0.05) is 10.7 Å². The molecule has 0 radical (unpaired) electrons. The monoisotopic (exact) mass is 280 g/mol. The van der Waals surface area contributed by atoms with Crippen molar-refractivity contribution >= 4 is 34.7 Å². The molecule has 1 aromatic heterocycles. The molecule has 1 amide bonds. The molecule has 0 aliphatic rings. The molecule has 5 nitrogen and oxygen atoms in total. The van der Waals surface area contributed by atoms with Crippen molar-refractivity contribution in [3.8, 4) is 0 Å². The maximum Gasteiger partial charge on any atom is 0.267 e. The number of primary amides is 1. The Hall–Kier alpha value is -2.34. The van der Waals surface area contributed by atoms with Gasteiger partial charge in [-0.25, -0.2) is 9.37 Å². The molecule has 19 heavy (non-hydrogen) atoms. The van der Waals surface area contributed by atoms with Gasteiger partial charge in [0.15, 0.2) is 5.82 Å². The van der Waals surface area contributed by atoms with Crippen LogP contribution in [-0.4, -0.2) is 10.9 Å². The topological polar surface area (TPSA) is 94.0 Å². The lowest BCUT2D eigenvalue weighted by Crippen LogP contribution is -2.14. The summed E-state index contributed by atoms with van der Waals surface area (Å²) in [6.45, 7) is 0. The maximum absolute atomic E-state index is 13.2. The molecule has 0 bridgehead atoms. The number of rotatable bonds is 3. The first-order chi connectivity index (χ1) is 8.95. The number of nitrogen functional groups attached to an aromatic ring is 1. The zero-order valence-electron chi connectivity index (χ0n) is 9.65. The third-order valence-electron chi connectivity index (χ3n) is 2.30. The van der Waals surface area contributed by atoms with Gasteiger partial charge < -0.3 is 16.8 Å². The standard InChI is InChI=1S/C12H10ClFN4O/c13-6-3-7(14)5-8(4-6)17-12-9(15)1-2-10(18-12)11(16)19/h1-5H,15H2,(H2,16,19)(H,17,18). The predicted octanol–water partition coefficient (Wildman–Crippen LogP) is 2.30. The van der Waals surface area contributed by atoms with Crippen LogP contribution in [0.3, 0.4) is 0 Å². The van der Waals surface area contributed by atoms with Gasteiger partial charge in [-0.05, 0) is 30.3 Å². The van der Waals surface area contributed by atoms with Crippen LogP contribution in [0.4, 0.5) is 21.6 Å². The minimum absolute atomic E-state index is 0.0548. The molecule has 7 heteroatoms.